The predicted octanol–water partition coefficient (Wildman–Crippen LogP) is 3.11. The Kier molecular flexibility index (Phi) is 4.03. The van der Waals surface area contributed by atoms with Crippen LogP contribution in [0.15, 0.2) is 30.5 Å². The number of aromatic nitrogens is 1. The highest BCUT2D eigenvalue weighted by Gasteiger charge is 2.22. The molecule has 0 aliphatic carbocycles. The fourth-order valence-electron chi connectivity index (χ4n) is 2.22. The molecule has 0 amide bonds. The van der Waals surface area contributed by atoms with Crippen molar-refractivity contribution in [3.8, 4) is 17.0 Å². The van der Waals surface area contributed by atoms with Gasteiger partial charge in [-0.25, -0.2) is 4.79 Å². The first-order valence-electron chi connectivity index (χ1n) is 6.45. The average Bonchev–Trinajstić information content (AvgIpc) is 2.49. The zero-order valence-electron chi connectivity index (χ0n) is 11.8. The van der Waals surface area contributed by atoms with Gasteiger partial charge in [0.25, 0.3) is 0 Å². The summed E-state index contributed by atoms with van der Waals surface area (Å²) in [6.45, 7) is 3.80. The molecule has 0 spiro atoms. The summed E-state index contributed by atoms with van der Waals surface area (Å²) in [7, 11) is 1.30. The quantitative estimate of drug-likeness (QED) is 0.871. The second kappa shape index (κ2) is 5.74. The molecule has 4 heteroatoms. The number of rotatable bonds is 3. The Morgan fingerprint density at radius 1 is 1.40 bits per heavy atom. The molecule has 0 radical (unpaired) electrons. The van der Waals surface area contributed by atoms with Crippen LogP contribution in [-0.4, -0.2) is 23.2 Å². The third-order valence-corrected chi connectivity index (χ3v) is 3.37. The lowest BCUT2D eigenvalue weighted by atomic mass is 9.94. The molecule has 2 rings (SSSR count). The summed E-state index contributed by atoms with van der Waals surface area (Å²) < 4.78 is 4.78. The number of benzene rings is 1. The second-order valence-corrected chi connectivity index (χ2v) is 4.49. The van der Waals surface area contributed by atoms with E-state index in [9.17, 15) is 9.90 Å². The van der Waals surface area contributed by atoms with Gasteiger partial charge in [-0.2, -0.15) is 0 Å². The molecule has 104 valence electrons. The SMILES string of the molecule is CCc1cc(-c2ccccn2)c(C(=O)OC)c(O)c1C. The van der Waals surface area contributed by atoms with Gasteiger partial charge in [-0.05, 0) is 42.7 Å². The number of esters is 1. The Balaban J connectivity index is 2.77. The first-order chi connectivity index (χ1) is 9.60. The number of nitrogens with zero attached hydrogens (tertiary/aromatic N) is 1. The molecule has 0 bridgehead atoms. The van der Waals surface area contributed by atoms with E-state index in [2.05, 4.69) is 4.98 Å². The minimum atomic E-state index is -0.561. The molecule has 0 fully saturated rings. The molecule has 4 nitrogen and oxygen atoms in total. The van der Waals surface area contributed by atoms with Gasteiger partial charge < -0.3 is 9.84 Å². The maximum Gasteiger partial charge on any atom is 0.342 e. The van der Waals surface area contributed by atoms with E-state index < -0.39 is 5.97 Å². The molecule has 0 saturated carbocycles. The molecule has 1 aromatic carbocycles. The largest absolute Gasteiger partial charge is 0.507 e. The van der Waals surface area contributed by atoms with Gasteiger partial charge in [0.2, 0.25) is 0 Å². The van der Waals surface area contributed by atoms with Crippen molar-refractivity contribution < 1.29 is 14.6 Å². The van der Waals surface area contributed by atoms with E-state index in [1.165, 1.54) is 7.11 Å². The van der Waals surface area contributed by atoms with Crippen LogP contribution in [0.5, 0.6) is 5.75 Å². The monoisotopic (exact) mass is 271 g/mol. The lowest BCUT2D eigenvalue weighted by molar-refractivity contribution is 0.0598. The van der Waals surface area contributed by atoms with Crippen molar-refractivity contribution in [2.24, 2.45) is 0 Å². The Hall–Kier alpha value is -2.36. The number of methoxy groups -OCH3 is 1. The van der Waals surface area contributed by atoms with E-state index in [0.717, 1.165) is 12.0 Å². The fraction of sp³-hybridized carbons (Fsp3) is 0.250. The minimum Gasteiger partial charge on any atom is -0.507 e. The van der Waals surface area contributed by atoms with Gasteiger partial charge in [-0.1, -0.05) is 13.0 Å². The van der Waals surface area contributed by atoms with Crippen LogP contribution in [0.3, 0.4) is 0 Å². The number of carbonyl (C=O) groups excluding carboxylic acids is 1. The van der Waals surface area contributed by atoms with E-state index in [1.807, 2.05) is 19.1 Å². The van der Waals surface area contributed by atoms with Crippen LogP contribution in [0.1, 0.15) is 28.4 Å². The molecule has 20 heavy (non-hydrogen) atoms. The first kappa shape index (κ1) is 14.1. The van der Waals surface area contributed by atoms with Gasteiger partial charge in [-0.15, -0.1) is 0 Å². The fourth-order valence-corrected chi connectivity index (χ4v) is 2.22. The summed E-state index contributed by atoms with van der Waals surface area (Å²) in [6.07, 6.45) is 2.42. The number of aryl methyl sites for hydroxylation is 1. The first-order valence-corrected chi connectivity index (χ1v) is 6.45. The molecule has 1 aromatic heterocycles. The van der Waals surface area contributed by atoms with Crippen molar-refractivity contribution in [2.75, 3.05) is 7.11 Å². The topological polar surface area (TPSA) is 59.4 Å². The number of ether oxygens (including phenoxy) is 1. The lowest BCUT2D eigenvalue weighted by Gasteiger charge is -2.15. The van der Waals surface area contributed by atoms with E-state index in [0.29, 0.717) is 16.8 Å². The average molecular weight is 271 g/mol. The molecule has 0 aliphatic rings. The molecule has 0 unspecified atom stereocenters. The maximum atomic E-state index is 12.0. The van der Waals surface area contributed by atoms with Crippen molar-refractivity contribution in [3.63, 3.8) is 0 Å². The molecule has 0 saturated heterocycles. The lowest BCUT2D eigenvalue weighted by Crippen LogP contribution is -2.07. The summed E-state index contributed by atoms with van der Waals surface area (Å²) in [5.41, 5.74) is 3.08. The summed E-state index contributed by atoms with van der Waals surface area (Å²) >= 11 is 0. The van der Waals surface area contributed by atoms with Crippen LogP contribution in [-0.2, 0) is 11.2 Å². The van der Waals surface area contributed by atoms with Crippen molar-refractivity contribution in [1.29, 1.82) is 0 Å². The normalized spacial score (nSPS) is 10.3. The molecule has 0 atom stereocenters. The number of aromatic hydroxyl groups is 1. The van der Waals surface area contributed by atoms with Gasteiger partial charge in [0, 0.05) is 11.8 Å². The third-order valence-electron chi connectivity index (χ3n) is 3.37. The predicted molar refractivity (Wildman–Crippen MR) is 76.8 cm³/mol. The Labute approximate surface area is 118 Å². The number of carbonyl (C=O) groups is 1. The van der Waals surface area contributed by atoms with E-state index in [-0.39, 0.29) is 11.3 Å². The van der Waals surface area contributed by atoms with Crippen LogP contribution in [0.25, 0.3) is 11.3 Å². The van der Waals surface area contributed by atoms with E-state index >= 15 is 0 Å². The Morgan fingerprint density at radius 3 is 2.70 bits per heavy atom. The minimum absolute atomic E-state index is 0.0307. The van der Waals surface area contributed by atoms with Gasteiger partial charge in [0.1, 0.15) is 11.3 Å². The van der Waals surface area contributed by atoms with Gasteiger partial charge >= 0.3 is 5.97 Å². The number of phenols is 1. The third kappa shape index (κ3) is 2.37. The Morgan fingerprint density at radius 2 is 2.15 bits per heavy atom. The highest BCUT2D eigenvalue weighted by Crippen LogP contribution is 2.35. The number of hydrogen-bond donors (Lipinski definition) is 1. The molecular weight excluding hydrogens is 254 g/mol. The summed E-state index contributed by atoms with van der Waals surface area (Å²) in [6, 6.07) is 7.33. The molecule has 1 N–H and O–H groups in total. The van der Waals surface area contributed by atoms with Crippen LogP contribution in [0, 0.1) is 6.92 Å². The number of pyridine rings is 1. The van der Waals surface area contributed by atoms with Crippen molar-refractivity contribution >= 4 is 5.97 Å². The molecular formula is C16H17NO3. The zero-order valence-corrected chi connectivity index (χ0v) is 11.8. The van der Waals surface area contributed by atoms with E-state index in [1.54, 1.807) is 25.3 Å². The number of hydrogen-bond acceptors (Lipinski definition) is 4. The maximum absolute atomic E-state index is 12.0. The van der Waals surface area contributed by atoms with Gasteiger partial charge in [0.05, 0.1) is 12.8 Å². The van der Waals surface area contributed by atoms with Crippen molar-refractivity contribution in [1.82, 2.24) is 4.98 Å². The smallest absolute Gasteiger partial charge is 0.342 e. The van der Waals surface area contributed by atoms with Crippen LogP contribution in [0.2, 0.25) is 0 Å². The highest BCUT2D eigenvalue weighted by atomic mass is 16.5. The molecule has 2 aromatic rings. The van der Waals surface area contributed by atoms with Gasteiger partial charge in [-0.3, -0.25) is 4.98 Å². The summed E-state index contributed by atoms with van der Waals surface area (Å²) in [5, 5.41) is 10.3. The summed E-state index contributed by atoms with van der Waals surface area (Å²) in [5.74, 6) is -0.592. The summed E-state index contributed by atoms with van der Waals surface area (Å²) in [4.78, 5) is 16.2. The van der Waals surface area contributed by atoms with Crippen LogP contribution >= 0.6 is 0 Å². The molecule has 0 aliphatic heterocycles. The zero-order chi connectivity index (χ0) is 14.7. The van der Waals surface area contributed by atoms with Crippen molar-refractivity contribution in [3.05, 3.63) is 47.2 Å². The highest BCUT2D eigenvalue weighted by molar-refractivity contribution is 6.00. The molecule has 1 heterocycles. The second-order valence-electron chi connectivity index (χ2n) is 4.49. The standard InChI is InChI=1S/C16H17NO3/c1-4-11-9-12(13-7-5-6-8-17-13)14(16(19)20-3)15(18)10(11)2/h5-9,18H,4H2,1-3H3. The van der Waals surface area contributed by atoms with Crippen LogP contribution in [0.4, 0.5) is 0 Å². The van der Waals surface area contributed by atoms with Gasteiger partial charge in [0.15, 0.2) is 0 Å². The Bertz CT molecular complexity index is 636. The number of phenolic OH excluding ortho intramolecular Hbond substituents is 1. The van der Waals surface area contributed by atoms with Crippen LogP contribution < -0.4 is 0 Å². The van der Waals surface area contributed by atoms with Crippen molar-refractivity contribution in [2.45, 2.75) is 20.3 Å². The van der Waals surface area contributed by atoms with E-state index in [4.69, 9.17) is 4.74 Å².